The number of unbranched alkanes of at least 4 members (excludes halogenated alkanes) is 9. The lowest BCUT2D eigenvalue weighted by molar-refractivity contribution is -0.122. The lowest BCUT2D eigenvalue weighted by Crippen LogP contribution is -2.46. The molecule has 1 amide bonds. The van der Waals surface area contributed by atoms with E-state index < -0.39 is 28.0 Å². The van der Waals surface area contributed by atoms with Gasteiger partial charge in [-0.25, -0.2) is 0 Å². The van der Waals surface area contributed by atoms with Gasteiger partial charge >= 0.3 is 0 Å². The number of rotatable bonds is 23. The highest BCUT2D eigenvalue weighted by Crippen LogP contribution is 2.09. The highest BCUT2D eigenvalue weighted by molar-refractivity contribution is 7.85. The van der Waals surface area contributed by atoms with Crippen LogP contribution in [0.25, 0.3) is 0 Å². The van der Waals surface area contributed by atoms with Crippen LogP contribution in [0.5, 0.6) is 0 Å². The van der Waals surface area contributed by atoms with Gasteiger partial charge in [-0.2, -0.15) is 8.42 Å². The van der Waals surface area contributed by atoms with Gasteiger partial charge in [0.25, 0.3) is 10.1 Å². The second kappa shape index (κ2) is 23.7. The minimum atomic E-state index is -4.34. The quantitative estimate of drug-likeness (QED) is 0.0770. The fraction of sp³-hybridized carbons (Fsp3) is 0.690. The molecule has 0 aliphatic rings. The number of nitrogens with one attached hydrogen (secondary N) is 1. The molecule has 0 bridgehead atoms. The fourth-order valence-electron chi connectivity index (χ4n) is 3.60. The predicted molar refractivity (Wildman–Crippen MR) is 152 cm³/mol. The van der Waals surface area contributed by atoms with E-state index in [0.29, 0.717) is 12.8 Å². The van der Waals surface area contributed by atoms with Crippen LogP contribution in [0.1, 0.15) is 110 Å². The molecule has 0 rings (SSSR count). The molecule has 0 spiro atoms. The van der Waals surface area contributed by atoms with Crippen LogP contribution < -0.4 is 5.32 Å². The van der Waals surface area contributed by atoms with Crippen LogP contribution in [0.15, 0.2) is 48.6 Å². The minimum Gasteiger partial charge on any atom is -0.387 e. The van der Waals surface area contributed by atoms with E-state index in [-0.39, 0.29) is 12.3 Å². The molecule has 2 unspecified atom stereocenters. The summed E-state index contributed by atoms with van der Waals surface area (Å²) < 4.78 is 32.0. The molecule has 0 heterocycles. The number of amides is 1. The van der Waals surface area contributed by atoms with Crippen molar-refractivity contribution in [3.05, 3.63) is 48.6 Å². The lowest BCUT2D eigenvalue weighted by Gasteiger charge is -2.21. The first-order chi connectivity index (χ1) is 17.3. The highest BCUT2D eigenvalue weighted by atomic mass is 32.2. The molecule has 6 nitrogen and oxygen atoms in total. The Labute approximate surface area is 220 Å². The van der Waals surface area contributed by atoms with E-state index >= 15 is 0 Å². The summed E-state index contributed by atoms with van der Waals surface area (Å²) in [6.07, 6.45) is 29.6. The maximum Gasteiger partial charge on any atom is 0.267 e. The molecule has 0 aliphatic heterocycles. The molecule has 0 fully saturated rings. The summed E-state index contributed by atoms with van der Waals surface area (Å²) in [6, 6.07) is -1.08. The molecule has 0 radical (unpaired) electrons. The Kier molecular flexibility index (Phi) is 22.6. The van der Waals surface area contributed by atoms with Crippen LogP contribution in [-0.4, -0.2) is 41.9 Å². The summed E-state index contributed by atoms with van der Waals surface area (Å²) in [5, 5.41) is 13.0. The second-order valence-electron chi connectivity index (χ2n) is 9.29. The minimum absolute atomic E-state index is 0.271. The van der Waals surface area contributed by atoms with E-state index in [4.69, 9.17) is 0 Å². The van der Waals surface area contributed by atoms with Crippen molar-refractivity contribution in [1.29, 1.82) is 0 Å². The summed E-state index contributed by atoms with van der Waals surface area (Å²) in [7, 11) is -4.34. The first-order valence-electron chi connectivity index (χ1n) is 13.8. The van der Waals surface area contributed by atoms with Gasteiger partial charge in [0.2, 0.25) is 5.91 Å². The number of allylic oxidation sites excluding steroid dienone is 7. The number of hydrogen-bond acceptors (Lipinski definition) is 4. The Bertz CT molecular complexity index is 756. The van der Waals surface area contributed by atoms with Crippen molar-refractivity contribution in [2.75, 3.05) is 5.75 Å². The third-order valence-electron chi connectivity index (χ3n) is 5.67. The second-order valence-corrected chi connectivity index (χ2v) is 10.8. The molecule has 0 aliphatic carbocycles. The van der Waals surface area contributed by atoms with E-state index in [9.17, 15) is 22.9 Å². The molecule has 2 atom stereocenters. The average Bonchev–Trinajstić information content (AvgIpc) is 2.82. The van der Waals surface area contributed by atoms with E-state index in [0.717, 1.165) is 70.6 Å². The van der Waals surface area contributed by atoms with Gasteiger partial charge in [-0.15, -0.1) is 0 Å². The maximum atomic E-state index is 12.3. The van der Waals surface area contributed by atoms with Crippen molar-refractivity contribution in [3.8, 4) is 0 Å². The van der Waals surface area contributed by atoms with Crippen LogP contribution in [0, 0.1) is 0 Å². The Hall–Kier alpha value is -1.70. The molecule has 3 N–H and O–H groups in total. The number of aliphatic hydroxyl groups excluding tert-OH is 1. The van der Waals surface area contributed by atoms with Gasteiger partial charge in [0.15, 0.2) is 0 Å². The van der Waals surface area contributed by atoms with E-state index in [1.165, 1.54) is 12.5 Å². The Morgan fingerprint density at radius 3 is 1.75 bits per heavy atom. The molecule has 0 aromatic carbocycles. The van der Waals surface area contributed by atoms with Gasteiger partial charge in [0.1, 0.15) is 0 Å². The van der Waals surface area contributed by atoms with Crippen molar-refractivity contribution in [2.24, 2.45) is 0 Å². The van der Waals surface area contributed by atoms with Gasteiger partial charge in [-0.1, -0.05) is 94.6 Å². The standard InChI is InChI=1S/C29H51NO5S/c1-3-5-7-9-11-13-15-16-18-20-22-24-28(31)27(26-36(33,34)35)30-29(32)25-23-21-19-17-14-12-10-8-6-4-2/h7-10,15-16,22,24,27-28,31H,3-6,11-14,17-21,23,25-26H2,1-2H3,(H,30,32)(H,33,34,35)/b9-7+,10-8-,16-15+,24-22+. The first kappa shape index (κ1) is 34.3. The summed E-state index contributed by atoms with van der Waals surface area (Å²) in [4.78, 5) is 12.3. The molecule has 7 heteroatoms. The molecule has 0 saturated heterocycles. The van der Waals surface area contributed by atoms with E-state index in [2.05, 4.69) is 55.6 Å². The first-order valence-corrected chi connectivity index (χ1v) is 15.4. The van der Waals surface area contributed by atoms with Gasteiger partial charge in [0.05, 0.1) is 17.9 Å². The normalized spacial score (nSPS) is 14.4. The van der Waals surface area contributed by atoms with Crippen molar-refractivity contribution in [3.63, 3.8) is 0 Å². The Morgan fingerprint density at radius 2 is 1.19 bits per heavy atom. The lowest BCUT2D eigenvalue weighted by atomic mass is 10.1. The van der Waals surface area contributed by atoms with Crippen molar-refractivity contribution >= 4 is 16.0 Å². The maximum absolute atomic E-state index is 12.3. The Balaban J connectivity index is 4.28. The van der Waals surface area contributed by atoms with Gasteiger partial charge < -0.3 is 10.4 Å². The summed E-state index contributed by atoms with van der Waals surface area (Å²) in [5.74, 6) is -1.03. The summed E-state index contributed by atoms with van der Waals surface area (Å²) >= 11 is 0. The zero-order valence-electron chi connectivity index (χ0n) is 22.6. The molecule has 36 heavy (non-hydrogen) atoms. The van der Waals surface area contributed by atoms with Crippen molar-refractivity contribution in [2.45, 2.75) is 122 Å². The third kappa shape index (κ3) is 24.0. The molecule has 0 aromatic heterocycles. The molecule has 0 aromatic rings. The van der Waals surface area contributed by atoms with Crippen molar-refractivity contribution in [1.82, 2.24) is 5.32 Å². The Morgan fingerprint density at radius 1 is 0.722 bits per heavy atom. The fourth-order valence-corrected chi connectivity index (χ4v) is 4.34. The zero-order chi connectivity index (χ0) is 26.9. The number of hydrogen-bond donors (Lipinski definition) is 3. The summed E-state index contributed by atoms with van der Waals surface area (Å²) in [6.45, 7) is 4.32. The van der Waals surface area contributed by atoms with Crippen LogP contribution in [-0.2, 0) is 14.9 Å². The van der Waals surface area contributed by atoms with E-state index in [1.807, 2.05) is 0 Å². The van der Waals surface area contributed by atoms with E-state index in [1.54, 1.807) is 6.08 Å². The smallest absolute Gasteiger partial charge is 0.267 e. The van der Waals surface area contributed by atoms with Crippen LogP contribution >= 0.6 is 0 Å². The predicted octanol–water partition coefficient (Wildman–Crippen LogP) is 6.84. The van der Waals surface area contributed by atoms with Gasteiger partial charge in [-0.05, 0) is 57.8 Å². The topological polar surface area (TPSA) is 104 Å². The third-order valence-corrected chi connectivity index (χ3v) is 6.45. The number of aliphatic hydroxyl groups is 1. The molecule has 208 valence electrons. The van der Waals surface area contributed by atoms with Gasteiger partial charge in [0, 0.05) is 6.42 Å². The largest absolute Gasteiger partial charge is 0.387 e. The molecular formula is C29H51NO5S. The van der Waals surface area contributed by atoms with Crippen LogP contribution in [0.4, 0.5) is 0 Å². The van der Waals surface area contributed by atoms with Gasteiger partial charge in [-0.3, -0.25) is 9.35 Å². The molecular weight excluding hydrogens is 474 g/mol. The van der Waals surface area contributed by atoms with Crippen LogP contribution in [0.2, 0.25) is 0 Å². The highest BCUT2D eigenvalue weighted by Gasteiger charge is 2.24. The SMILES string of the molecule is CCC/C=C\CCCCCCCC(=O)NC(CS(=O)(=O)O)C(O)/C=C/CC/C=C/CC/C=C/CCC. The monoisotopic (exact) mass is 525 g/mol. The average molecular weight is 526 g/mol. The van der Waals surface area contributed by atoms with Crippen molar-refractivity contribution < 1.29 is 22.9 Å². The zero-order valence-corrected chi connectivity index (χ0v) is 23.4. The number of carbonyl (C=O) groups excluding carboxylic acids is 1. The summed E-state index contributed by atoms with van der Waals surface area (Å²) in [5.41, 5.74) is 0. The molecule has 0 saturated carbocycles. The van der Waals surface area contributed by atoms with Crippen LogP contribution in [0.3, 0.4) is 0 Å². The number of carbonyl (C=O) groups is 1.